The van der Waals surface area contributed by atoms with Crippen LogP contribution in [-0.4, -0.2) is 43.5 Å². The van der Waals surface area contributed by atoms with Gasteiger partial charge in [-0.25, -0.2) is 4.98 Å². The van der Waals surface area contributed by atoms with Gasteiger partial charge in [0.1, 0.15) is 5.69 Å². The number of hydrogen-bond donors (Lipinski definition) is 3. The van der Waals surface area contributed by atoms with E-state index < -0.39 is 11.5 Å². The fourth-order valence-corrected chi connectivity index (χ4v) is 5.74. The Morgan fingerprint density at radius 2 is 2.03 bits per heavy atom. The molecule has 1 aromatic carbocycles. The van der Waals surface area contributed by atoms with Crippen LogP contribution in [0, 0.1) is 0 Å². The number of aromatic nitrogens is 3. The number of amides is 1. The molecule has 2 aliphatic rings. The van der Waals surface area contributed by atoms with E-state index in [0.29, 0.717) is 28.2 Å². The van der Waals surface area contributed by atoms with E-state index in [-0.39, 0.29) is 53.8 Å². The summed E-state index contributed by atoms with van der Waals surface area (Å²) in [5.41, 5.74) is 0.755. The Morgan fingerprint density at radius 1 is 1.27 bits per heavy atom. The summed E-state index contributed by atoms with van der Waals surface area (Å²) in [6, 6.07) is 4.93. The average Bonchev–Trinajstić information content (AvgIpc) is 3.31. The first kappa shape index (κ1) is 26.1. The largest absolute Gasteiger partial charge is 0.389 e. The van der Waals surface area contributed by atoms with Gasteiger partial charge >= 0.3 is 0 Å². The number of carbonyl (C=O) groups excluding carboxylic acids is 1. The number of hydrogen-bond acceptors (Lipinski definition) is 5. The third kappa shape index (κ3) is 5.54. The van der Waals surface area contributed by atoms with Crippen LogP contribution in [0.3, 0.4) is 0 Å². The molecule has 3 N–H and O–H groups in total. The van der Waals surface area contributed by atoms with Crippen molar-refractivity contribution in [3.63, 3.8) is 0 Å². The molecular weight excluding hydrogens is 523 g/mol. The van der Waals surface area contributed by atoms with Crippen molar-refractivity contribution in [2.45, 2.75) is 82.5 Å². The van der Waals surface area contributed by atoms with Gasteiger partial charge in [-0.2, -0.15) is 13.9 Å². The van der Waals surface area contributed by atoms with E-state index in [1.165, 1.54) is 10.9 Å². The van der Waals surface area contributed by atoms with Crippen molar-refractivity contribution in [3.05, 3.63) is 51.4 Å². The number of nitrogens with zero attached hydrogens (tertiary/aromatic N) is 3. The first-order chi connectivity index (χ1) is 17.4. The second-order valence-corrected chi connectivity index (χ2v) is 11.5. The molecule has 0 bridgehead atoms. The summed E-state index contributed by atoms with van der Waals surface area (Å²) in [5.74, 6) is -3.29. The number of rotatable bonds is 6. The molecule has 5 rings (SSSR count). The monoisotopic (exact) mass is 551 g/mol. The number of fused-ring (bicyclic) bond motifs is 2. The number of anilines is 1. The van der Waals surface area contributed by atoms with Gasteiger partial charge in [0.2, 0.25) is 0 Å². The third-order valence-corrected chi connectivity index (χ3v) is 7.47. The molecule has 2 aliphatic carbocycles. The lowest BCUT2D eigenvalue weighted by Crippen LogP contribution is -2.42. The van der Waals surface area contributed by atoms with Crippen LogP contribution in [-0.2, 0) is 18.9 Å². The maximum Gasteiger partial charge on any atom is 0.290 e. The fourth-order valence-electron chi connectivity index (χ4n) is 5.33. The van der Waals surface area contributed by atoms with Gasteiger partial charge in [-0.1, -0.05) is 23.2 Å². The predicted octanol–water partition coefficient (Wildman–Crippen LogP) is 5.70. The van der Waals surface area contributed by atoms with Crippen molar-refractivity contribution in [1.29, 1.82) is 0 Å². The Bertz CT molecular complexity index is 1350. The summed E-state index contributed by atoms with van der Waals surface area (Å²) in [6.07, 6.45) is 4.61. The Labute approximate surface area is 223 Å². The van der Waals surface area contributed by atoms with Gasteiger partial charge in [-0.05, 0) is 64.2 Å². The van der Waals surface area contributed by atoms with Crippen LogP contribution < -0.4 is 10.6 Å². The summed E-state index contributed by atoms with van der Waals surface area (Å²) < 4.78 is 30.7. The van der Waals surface area contributed by atoms with Gasteiger partial charge in [0.25, 0.3) is 11.8 Å². The minimum Gasteiger partial charge on any atom is -0.389 e. The molecular formula is C26H29Cl2F2N5O2. The molecule has 0 radical (unpaired) electrons. The summed E-state index contributed by atoms with van der Waals surface area (Å²) >= 11 is 12.4. The molecule has 0 saturated heterocycles. The predicted molar refractivity (Wildman–Crippen MR) is 140 cm³/mol. The first-order valence-electron chi connectivity index (χ1n) is 12.4. The molecule has 3 aromatic rings. The van der Waals surface area contributed by atoms with Crippen molar-refractivity contribution in [2.75, 3.05) is 5.32 Å². The Hall–Kier alpha value is -2.49. The summed E-state index contributed by atoms with van der Waals surface area (Å²) in [5, 5.41) is 22.0. The first-order valence-corrected chi connectivity index (χ1v) is 13.2. The van der Waals surface area contributed by atoms with Crippen LogP contribution in [0.15, 0.2) is 24.4 Å². The summed E-state index contributed by atoms with van der Waals surface area (Å²) in [7, 11) is 0. The van der Waals surface area contributed by atoms with Crippen molar-refractivity contribution in [2.24, 2.45) is 0 Å². The molecule has 2 heterocycles. The SMILES string of the molecule is CC(C)(O)Cn1cc(C(=O)N[C@@H]2CCC[C@H](Nc3c4c(nc5ccc(Cl)cc35)C(F)(F)CC4)C2)c(Cl)n1. The van der Waals surface area contributed by atoms with Gasteiger partial charge in [-0.3, -0.25) is 9.48 Å². The zero-order valence-electron chi connectivity index (χ0n) is 20.6. The normalized spacial score (nSPS) is 21.2. The molecule has 2 atom stereocenters. The minimum absolute atomic E-state index is 0.0321. The Balaban J connectivity index is 1.34. The number of aliphatic hydroxyl groups is 1. The van der Waals surface area contributed by atoms with Crippen LogP contribution in [0.25, 0.3) is 10.9 Å². The Morgan fingerprint density at radius 3 is 2.78 bits per heavy atom. The topological polar surface area (TPSA) is 92.1 Å². The van der Waals surface area contributed by atoms with Gasteiger partial charge in [0.15, 0.2) is 5.15 Å². The maximum absolute atomic E-state index is 14.6. The lowest BCUT2D eigenvalue weighted by Gasteiger charge is -2.32. The van der Waals surface area contributed by atoms with Gasteiger partial charge < -0.3 is 15.7 Å². The van der Waals surface area contributed by atoms with Gasteiger partial charge in [-0.15, -0.1) is 0 Å². The number of alkyl halides is 2. The highest BCUT2D eigenvalue weighted by molar-refractivity contribution is 6.32. The van der Waals surface area contributed by atoms with Crippen molar-refractivity contribution in [3.8, 4) is 0 Å². The van der Waals surface area contributed by atoms with Crippen molar-refractivity contribution < 1.29 is 18.7 Å². The van der Waals surface area contributed by atoms with E-state index in [4.69, 9.17) is 23.2 Å². The van der Waals surface area contributed by atoms with Crippen LogP contribution >= 0.6 is 23.2 Å². The number of pyridine rings is 1. The highest BCUT2D eigenvalue weighted by Gasteiger charge is 2.43. The smallest absolute Gasteiger partial charge is 0.290 e. The highest BCUT2D eigenvalue weighted by Crippen LogP contribution is 2.46. The van der Waals surface area contributed by atoms with E-state index in [9.17, 15) is 18.7 Å². The molecule has 11 heteroatoms. The lowest BCUT2D eigenvalue weighted by atomic mass is 9.90. The summed E-state index contributed by atoms with van der Waals surface area (Å²) in [4.78, 5) is 17.3. The number of carbonyl (C=O) groups is 1. The average molecular weight is 552 g/mol. The van der Waals surface area contributed by atoms with Crippen molar-refractivity contribution in [1.82, 2.24) is 20.1 Å². The minimum atomic E-state index is -2.96. The quantitative estimate of drug-likeness (QED) is 0.365. The molecule has 0 spiro atoms. The molecule has 1 amide bonds. The molecule has 0 unspecified atom stereocenters. The van der Waals surface area contributed by atoms with Crippen LogP contribution in [0.1, 0.15) is 67.6 Å². The molecule has 0 aliphatic heterocycles. The zero-order chi connectivity index (χ0) is 26.5. The van der Waals surface area contributed by atoms with E-state index in [1.807, 2.05) is 0 Å². The van der Waals surface area contributed by atoms with E-state index in [0.717, 1.165) is 24.6 Å². The second kappa shape index (κ2) is 9.67. The molecule has 198 valence electrons. The number of halogens is 4. The maximum atomic E-state index is 14.6. The molecule has 2 aromatic heterocycles. The van der Waals surface area contributed by atoms with Crippen LogP contribution in [0.5, 0.6) is 0 Å². The van der Waals surface area contributed by atoms with E-state index >= 15 is 0 Å². The second-order valence-electron chi connectivity index (χ2n) is 10.7. The Kier molecular flexibility index (Phi) is 6.83. The highest BCUT2D eigenvalue weighted by atomic mass is 35.5. The summed E-state index contributed by atoms with van der Waals surface area (Å²) in [6.45, 7) is 3.49. The fraction of sp³-hybridized carbons (Fsp3) is 0.500. The standard InChI is InChI=1S/C26H29Cl2F2N5O2/c1-25(2,37)13-35-12-19(23(28)34-35)24(36)32-16-5-3-4-15(11-16)31-21-17-8-9-26(29,30)22(17)33-20-7-6-14(27)10-18(20)21/h6-7,10,12,15-16,37H,3-5,8-9,11,13H2,1-2H3,(H,31,33)(H,32,36)/t15-,16+/m0/s1. The zero-order valence-corrected chi connectivity index (χ0v) is 22.1. The van der Waals surface area contributed by atoms with Gasteiger partial charge in [0, 0.05) is 46.4 Å². The number of nitrogens with one attached hydrogen (secondary N) is 2. The van der Waals surface area contributed by atoms with Crippen molar-refractivity contribution >= 4 is 45.7 Å². The van der Waals surface area contributed by atoms with Crippen LogP contribution in [0.2, 0.25) is 10.2 Å². The molecule has 1 saturated carbocycles. The lowest BCUT2D eigenvalue weighted by molar-refractivity contribution is -0.00567. The molecule has 1 fully saturated rings. The molecule has 7 nitrogen and oxygen atoms in total. The van der Waals surface area contributed by atoms with E-state index in [1.54, 1.807) is 32.0 Å². The van der Waals surface area contributed by atoms with Crippen LogP contribution in [0.4, 0.5) is 14.5 Å². The van der Waals surface area contributed by atoms with Gasteiger partial charge in [0.05, 0.1) is 23.2 Å². The molecule has 37 heavy (non-hydrogen) atoms. The number of benzene rings is 1. The van der Waals surface area contributed by atoms with E-state index in [2.05, 4.69) is 20.7 Å². The third-order valence-electron chi connectivity index (χ3n) is 6.95.